The third-order valence-electron chi connectivity index (χ3n) is 5.44. The molecule has 8 heteroatoms. The minimum atomic E-state index is -0.471. The second-order valence-electron chi connectivity index (χ2n) is 7.77. The van der Waals surface area contributed by atoms with Gasteiger partial charge >= 0.3 is 0 Å². The Bertz CT molecular complexity index is 1290. The van der Waals surface area contributed by atoms with Gasteiger partial charge in [0.05, 0.1) is 4.91 Å². The number of carbonyl (C=O) groups is 3. The minimum Gasteiger partial charge on any atom is -0.324 e. The van der Waals surface area contributed by atoms with Crippen LogP contribution in [0.2, 0.25) is 5.02 Å². The Labute approximate surface area is 201 Å². The summed E-state index contributed by atoms with van der Waals surface area (Å²) in [6.45, 7) is 5.47. The molecule has 1 aliphatic heterocycles. The number of aromatic nitrogens is 1. The SMILES string of the molecule is Cc1ccccc1NC(=O)CN1C(=O)S/C(=C/c2cc(C)n(-c3ccc(Cl)cc3)c2C)C1=O. The Morgan fingerprint density at radius 3 is 2.45 bits per heavy atom. The molecule has 33 heavy (non-hydrogen) atoms. The van der Waals surface area contributed by atoms with E-state index in [4.69, 9.17) is 11.6 Å². The van der Waals surface area contributed by atoms with Gasteiger partial charge in [-0.1, -0.05) is 29.8 Å². The summed E-state index contributed by atoms with van der Waals surface area (Å²) in [4.78, 5) is 39.1. The van der Waals surface area contributed by atoms with Gasteiger partial charge in [-0.15, -0.1) is 0 Å². The highest BCUT2D eigenvalue weighted by Gasteiger charge is 2.36. The summed E-state index contributed by atoms with van der Waals surface area (Å²) in [6.07, 6.45) is 1.71. The van der Waals surface area contributed by atoms with Crippen molar-refractivity contribution in [2.24, 2.45) is 0 Å². The minimum absolute atomic E-state index is 0.292. The van der Waals surface area contributed by atoms with E-state index in [1.54, 1.807) is 12.1 Å². The summed E-state index contributed by atoms with van der Waals surface area (Å²) >= 11 is 6.85. The van der Waals surface area contributed by atoms with Crippen molar-refractivity contribution in [2.45, 2.75) is 20.8 Å². The third-order valence-corrected chi connectivity index (χ3v) is 6.60. The first-order chi connectivity index (χ1) is 15.7. The number of rotatable bonds is 5. The number of nitrogens with zero attached hydrogens (tertiary/aromatic N) is 2. The standard InChI is InChI=1S/C25H22ClN3O3S/c1-15-6-4-5-7-21(15)27-23(30)14-28-24(31)22(33-25(28)32)13-18-12-16(2)29(17(18)3)20-10-8-19(26)9-11-20/h4-13H,14H2,1-3H3,(H,27,30)/b22-13+. The van der Waals surface area contributed by atoms with Crippen LogP contribution in [0.1, 0.15) is 22.5 Å². The number of nitrogens with one attached hydrogen (secondary N) is 1. The van der Waals surface area contributed by atoms with Crippen molar-refractivity contribution in [1.29, 1.82) is 0 Å². The highest BCUT2D eigenvalue weighted by Crippen LogP contribution is 2.34. The molecule has 3 amide bonds. The van der Waals surface area contributed by atoms with E-state index in [9.17, 15) is 14.4 Å². The van der Waals surface area contributed by atoms with Crippen LogP contribution in [-0.2, 0) is 9.59 Å². The molecule has 0 bridgehead atoms. The maximum atomic E-state index is 12.9. The van der Waals surface area contributed by atoms with Gasteiger partial charge in [0.1, 0.15) is 6.54 Å². The van der Waals surface area contributed by atoms with Gasteiger partial charge < -0.3 is 9.88 Å². The van der Waals surface area contributed by atoms with Gasteiger partial charge in [-0.2, -0.15) is 0 Å². The van der Waals surface area contributed by atoms with Gasteiger partial charge in [0.2, 0.25) is 5.91 Å². The fourth-order valence-electron chi connectivity index (χ4n) is 3.75. The third kappa shape index (κ3) is 4.74. The van der Waals surface area contributed by atoms with Gasteiger partial charge in [-0.05, 0) is 86.1 Å². The predicted octanol–water partition coefficient (Wildman–Crippen LogP) is 5.73. The van der Waals surface area contributed by atoms with E-state index in [1.807, 2.05) is 69.3 Å². The smallest absolute Gasteiger partial charge is 0.294 e. The Kier molecular flexibility index (Phi) is 6.44. The first kappa shape index (κ1) is 22.9. The van der Waals surface area contributed by atoms with Crippen LogP contribution in [0.3, 0.4) is 0 Å². The topological polar surface area (TPSA) is 71.4 Å². The molecule has 168 valence electrons. The van der Waals surface area contributed by atoms with E-state index in [2.05, 4.69) is 9.88 Å². The van der Waals surface area contributed by atoms with Gasteiger partial charge in [0, 0.05) is 27.8 Å². The molecule has 0 saturated carbocycles. The molecule has 1 saturated heterocycles. The van der Waals surface area contributed by atoms with Crippen molar-refractivity contribution < 1.29 is 14.4 Å². The Hall–Kier alpha value is -3.29. The molecule has 4 rings (SSSR count). The molecular formula is C25H22ClN3O3S. The number of hydrogen-bond donors (Lipinski definition) is 1. The van der Waals surface area contributed by atoms with Crippen molar-refractivity contribution >= 4 is 52.2 Å². The van der Waals surface area contributed by atoms with E-state index >= 15 is 0 Å². The summed E-state index contributed by atoms with van der Waals surface area (Å²) in [6, 6.07) is 16.8. The Morgan fingerprint density at radius 2 is 1.76 bits per heavy atom. The van der Waals surface area contributed by atoms with Crippen LogP contribution < -0.4 is 5.32 Å². The highest BCUT2D eigenvalue weighted by atomic mass is 35.5. The Balaban J connectivity index is 1.53. The van der Waals surface area contributed by atoms with E-state index in [0.29, 0.717) is 15.6 Å². The normalized spacial score (nSPS) is 14.9. The average Bonchev–Trinajstić information content (AvgIpc) is 3.20. The number of carbonyl (C=O) groups excluding carboxylic acids is 3. The molecule has 0 spiro atoms. The zero-order chi connectivity index (χ0) is 23.7. The first-order valence-corrected chi connectivity index (χ1v) is 11.5. The summed E-state index contributed by atoms with van der Waals surface area (Å²) in [5.41, 5.74) is 5.25. The highest BCUT2D eigenvalue weighted by molar-refractivity contribution is 8.18. The fourth-order valence-corrected chi connectivity index (χ4v) is 4.70. The van der Waals surface area contributed by atoms with Crippen molar-refractivity contribution in [3.8, 4) is 5.69 Å². The number of para-hydroxylation sites is 1. The van der Waals surface area contributed by atoms with Crippen LogP contribution in [0.25, 0.3) is 11.8 Å². The average molecular weight is 480 g/mol. The zero-order valence-corrected chi connectivity index (χ0v) is 20.0. The van der Waals surface area contributed by atoms with Crippen LogP contribution in [0, 0.1) is 20.8 Å². The van der Waals surface area contributed by atoms with Gasteiger partial charge in [0.25, 0.3) is 11.1 Å². The maximum absolute atomic E-state index is 12.9. The van der Waals surface area contributed by atoms with Crippen LogP contribution in [-0.4, -0.2) is 33.1 Å². The van der Waals surface area contributed by atoms with Crippen molar-refractivity contribution in [1.82, 2.24) is 9.47 Å². The lowest BCUT2D eigenvalue weighted by atomic mass is 10.2. The molecule has 6 nitrogen and oxygen atoms in total. The molecule has 1 aromatic heterocycles. The molecule has 0 atom stereocenters. The van der Waals surface area contributed by atoms with Crippen molar-refractivity contribution in [3.05, 3.63) is 87.0 Å². The monoisotopic (exact) mass is 479 g/mol. The number of anilines is 1. The van der Waals surface area contributed by atoms with Gasteiger partial charge in [-0.3, -0.25) is 19.3 Å². The molecule has 3 aromatic rings. The maximum Gasteiger partial charge on any atom is 0.294 e. The number of benzene rings is 2. The summed E-state index contributed by atoms with van der Waals surface area (Å²) in [5.74, 6) is -0.894. The molecular weight excluding hydrogens is 458 g/mol. The van der Waals surface area contributed by atoms with Gasteiger partial charge in [-0.25, -0.2) is 0 Å². The second kappa shape index (κ2) is 9.29. The molecule has 1 aliphatic rings. The van der Waals surface area contributed by atoms with E-state index in [1.165, 1.54) is 0 Å². The summed E-state index contributed by atoms with van der Waals surface area (Å²) in [7, 11) is 0. The molecule has 2 heterocycles. The van der Waals surface area contributed by atoms with Crippen molar-refractivity contribution in [3.63, 3.8) is 0 Å². The number of thioether (sulfide) groups is 1. The van der Waals surface area contributed by atoms with E-state index < -0.39 is 17.1 Å². The summed E-state index contributed by atoms with van der Waals surface area (Å²) in [5, 5.41) is 2.95. The lowest BCUT2D eigenvalue weighted by Crippen LogP contribution is -2.36. The largest absolute Gasteiger partial charge is 0.324 e. The number of hydrogen-bond acceptors (Lipinski definition) is 4. The van der Waals surface area contributed by atoms with Gasteiger partial charge in [0.15, 0.2) is 0 Å². The van der Waals surface area contributed by atoms with Crippen LogP contribution in [0.5, 0.6) is 0 Å². The predicted molar refractivity (Wildman–Crippen MR) is 133 cm³/mol. The van der Waals surface area contributed by atoms with E-state index in [0.717, 1.165) is 44.9 Å². The molecule has 0 radical (unpaired) electrons. The fraction of sp³-hybridized carbons (Fsp3) is 0.160. The van der Waals surface area contributed by atoms with Crippen LogP contribution in [0.4, 0.5) is 10.5 Å². The number of amides is 3. The molecule has 1 fully saturated rings. The second-order valence-corrected chi connectivity index (χ2v) is 9.20. The van der Waals surface area contributed by atoms with Crippen LogP contribution >= 0.6 is 23.4 Å². The van der Waals surface area contributed by atoms with E-state index in [-0.39, 0.29) is 6.54 Å². The van der Waals surface area contributed by atoms with Crippen LogP contribution in [0.15, 0.2) is 59.5 Å². The molecule has 2 aromatic carbocycles. The molecule has 0 aliphatic carbocycles. The number of halogens is 1. The zero-order valence-electron chi connectivity index (χ0n) is 18.4. The molecule has 1 N–H and O–H groups in total. The quantitative estimate of drug-likeness (QED) is 0.474. The lowest BCUT2D eigenvalue weighted by molar-refractivity contribution is -0.127. The molecule has 0 unspecified atom stereocenters. The summed E-state index contributed by atoms with van der Waals surface area (Å²) < 4.78 is 2.06. The van der Waals surface area contributed by atoms with Crippen molar-refractivity contribution in [2.75, 3.05) is 11.9 Å². The number of aryl methyl sites for hydroxylation is 2. The Morgan fingerprint density at radius 1 is 1.06 bits per heavy atom. The number of imide groups is 1. The first-order valence-electron chi connectivity index (χ1n) is 10.3. The lowest BCUT2D eigenvalue weighted by Gasteiger charge is -2.13.